The summed E-state index contributed by atoms with van der Waals surface area (Å²) in [5.41, 5.74) is 2.10. The second kappa shape index (κ2) is 9.08. The molecule has 2 atom stereocenters. The van der Waals surface area contributed by atoms with Gasteiger partial charge in [-0.3, -0.25) is 19.3 Å². The van der Waals surface area contributed by atoms with Crippen molar-refractivity contribution in [2.75, 3.05) is 13.6 Å². The Morgan fingerprint density at radius 1 is 1.06 bits per heavy atom. The summed E-state index contributed by atoms with van der Waals surface area (Å²) < 4.78 is 5.76. The number of carbonyl (C=O) groups is 3. The maximum Gasteiger partial charge on any atom is 0.247 e. The van der Waals surface area contributed by atoms with Crippen molar-refractivity contribution in [3.8, 4) is 11.5 Å². The zero-order valence-corrected chi connectivity index (χ0v) is 19.8. The van der Waals surface area contributed by atoms with E-state index in [0.29, 0.717) is 11.8 Å². The van der Waals surface area contributed by atoms with Crippen molar-refractivity contribution in [2.45, 2.75) is 64.8 Å². The van der Waals surface area contributed by atoms with E-state index in [1.807, 2.05) is 24.3 Å². The van der Waals surface area contributed by atoms with Gasteiger partial charge >= 0.3 is 0 Å². The summed E-state index contributed by atoms with van der Waals surface area (Å²) in [6.07, 6.45) is 3.61. The van der Waals surface area contributed by atoms with Crippen molar-refractivity contribution >= 4 is 17.7 Å². The molecule has 0 radical (unpaired) electrons. The van der Waals surface area contributed by atoms with Gasteiger partial charge in [-0.1, -0.05) is 45.7 Å². The fourth-order valence-corrected chi connectivity index (χ4v) is 4.69. The molecular formula is C25H32N4O4. The van der Waals surface area contributed by atoms with Gasteiger partial charge in [0, 0.05) is 25.6 Å². The number of aromatic nitrogens is 2. The molecule has 2 fully saturated rings. The normalized spacial score (nSPS) is 20.8. The number of rotatable bonds is 6. The van der Waals surface area contributed by atoms with Crippen LogP contribution in [0.1, 0.15) is 64.3 Å². The van der Waals surface area contributed by atoms with Crippen LogP contribution >= 0.6 is 0 Å². The first-order valence-electron chi connectivity index (χ1n) is 11.7. The Hall–Kier alpha value is -3.03. The number of amides is 3. The summed E-state index contributed by atoms with van der Waals surface area (Å²) in [7, 11) is 1.65. The van der Waals surface area contributed by atoms with Gasteiger partial charge in [-0.2, -0.15) is 0 Å². The van der Waals surface area contributed by atoms with Crippen molar-refractivity contribution in [3.05, 3.63) is 35.7 Å². The van der Waals surface area contributed by atoms with Crippen molar-refractivity contribution < 1.29 is 18.8 Å². The van der Waals surface area contributed by atoms with Crippen LogP contribution in [0.25, 0.3) is 11.5 Å². The highest BCUT2D eigenvalue weighted by atomic mass is 16.4. The smallest absolute Gasteiger partial charge is 0.247 e. The lowest BCUT2D eigenvalue weighted by Crippen LogP contribution is -2.36. The van der Waals surface area contributed by atoms with Crippen LogP contribution in [0.15, 0.2) is 28.7 Å². The van der Waals surface area contributed by atoms with E-state index in [0.717, 1.165) is 31.2 Å². The molecular weight excluding hydrogens is 420 g/mol. The summed E-state index contributed by atoms with van der Waals surface area (Å²) in [6, 6.07) is 8.00. The Labute approximate surface area is 194 Å². The molecule has 2 aliphatic rings. The minimum Gasteiger partial charge on any atom is -0.419 e. The third-order valence-electron chi connectivity index (χ3n) is 6.74. The molecule has 8 nitrogen and oxygen atoms in total. The Morgan fingerprint density at radius 3 is 2.24 bits per heavy atom. The summed E-state index contributed by atoms with van der Waals surface area (Å²) >= 11 is 0. The average molecular weight is 453 g/mol. The molecule has 1 aromatic heterocycles. The van der Waals surface area contributed by atoms with E-state index in [2.05, 4.69) is 31.0 Å². The molecule has 1 aliphatic carbocycles. The third-order valence-corrected chi connectivity index (χ3v) is 6.74. The quantitative estimate of drug-likeness (QED) is 0.622. The van der Waals surface area contributed by atoms with Gasteiger partial charge in [0.25, 0.3) is 0 Å². The van der Waals surface area contributed by atoms with E-state index < -0.39 is 0 Å². The number of benzene rings is 1. The molecule has 4 rings (SSSR count). The van der Waals surface area contributed by atoms with E-state index in [9.17, 15) is 14.4 Å². The number of likely N-dealkylation sites (tertiary alicyclic amines) is 1. The predicted octanol–water partition coefficient (Wildman–Crippen LogP) is 3.56. The first kappa shape index (κ1) is 23.1. The summed E-state index contributed by atoms with van der Waals surface area (Å²) in [5.74, 6) is -0.0397. The highest BCUT2D eigenvalue weighted by Gasteiger charge is 2.47. The topological polar surface area (TPSA) is 96.6 Å². The molecule has 0 N–H and O–H groups in total. The molecule has 1 saturated carbocycles. The van der Waals surface area contributed by atoms with Gasteiger partial charge < -0.3 is 9.32 Å². The van der Waals surface area contributed by atoms with Gasteiger partial charge in [0.1, 0.15) is 0 Å². The Morgan fingerprint density at radius 2 is 1.67 bits per heavy atom. The number of carbonyl (C=O) groups excluding carboxylic acids is 3. The molecule has 2 heterocycles. The molecule has 0 unspecified atom stereocenters. The molecule has 176 valence electrons. The first-order valence-corrected chi connectivity index (χ1v) is 11.7. The zero-order valence-electron chi connectivity index (χ0n) is 19.8. The SMILES string of the molecule is CN(Cc1nnc(-c2ccc(C(C)(C)C)cc2)o1)C(=O)CCN1C(=O)[C@H]2CCCC[C@H]2C1=O. The largest absolute Gasteiger partial charge is 0.419 e. The molecule has 8 heteroatoms. The fraction of sp³-hybridized carbons (Fsp3) is 0.560. The minimum absolute atomic E-state index is 0.0594. The number of hydrogen-bond donors (Lipinski definition) is 0. The Bertz CT molecular complexity index is 1010. The van der Waals surface area contributed by atoms with E-state index in [1.165, 1.54) is 15.4 Å². The Balaban J connectivity index is 1.32. The molecule has 33 heavy (non-hydrogen) atoms. The van der Waals surface area contributed by atoms with Crippen molar-refractivity contribution in [1.29, 1.82) is 0 Å². The van der Waals surface area contributed by atoms with Gasteiger partial charge in [0.05, 0.1) is 18.4 Å². The summed E-state index contributed by atoms with van der Waals surface area (Å²) in [5, 5.41) is 8.18. The number of nitrogens with zero attached hydrogens (tertiary/aromatic N) is 4. The average Bonchev–Trinajstić information content (AvgIpc) is 3.35. The van der Waals surface area contributed by atoms with Crippen molar-refractivity contribution in [2.24, 2.45) is 11.8 Å². The van der Waals surface area contributed by atoms with Crippen molar-refractivity contribution in [1.82, 2.24) is 20.0 Å². The Kier molecular flexibility index (Phi) is 6.36. The van der Waals surface area contributed by atoms with Crippen LogP contribution in [0.5, 0.6) is 0 Å². The highest BCUT2D eigenvalue weighted by molar-refractivity contribution is 6.05. The summed E-state index contributed by atoms with van der Waals surface area (Å²) in [6.45, 7) is 6.76. The molecule has 1 aromatic carbocycles. The number of imide groups is 1. The lowest BCUT2D eigenvalue weighted by molar-refractivity contribution is -0.140. The lowest BCUT2D eigenvalue weighted by atomic mass is 9.81. The van der Waals surface area contributed by atoms with E-state index in [4.69, 9.17) is 4.42 Å². The van der Waals surface area contributed by atoms with Crippen LogP contribution in [0.2, 0.25) is 0 Å². The molecule has 0 bridgehead atoms. The van der Waals surface area contributed by atoms with Gasteiger partial charge in [0.2, 0.25) is 29.5 Å². The van der Waals surface area contributed by atoms with Crippen LogP contribution in [-0.2, 0) is 26.3 Å². The van der Waals surface area contributed by atoms with E-state index in [1.54, 1.807) is 7.05 Å². The van der Waals surface area contributed by atoms with Crippen LogP contribution in [-0.4, -0.2) is 51.3 Å². The molecule has 1 aliphatic heterocycles. The second-order valence-electron chi connectivity index (χ2n) is 10.2. The molecule has 2 aromatic rings. The highest BCUT2D eigenvalue weighted by Crippen LogP contribution is 2.38. The van der Waals surface area contributed by atoms with Crippen molar-refractivity contribution in [3.63, 3.8) is 0 Å². The minimum atomic E-state index is -0.187. The van der Waals surface area contributed by atoms with Crippen LogP contribution in [0.3, 0.4) is 0 Å². The first-order chi connectivity index (χ1) is 15.6. The van der Waals surface area contributed by atoms with Gasteiger partial charge in [-0.05, 0) is 36.0 Å². The third kappa shape index (κ3) is 4.84. The fourth-order valence-electron chi connectivity index (χ4n) is 4.69. The maximum atomic E-state index is 12.6. The van der Waals surface area contributed by atoms with Crippen LogP contribution < -0.4 is 0 Å². The second-order valence-corrected chi connectivity index (χ2v) is 10.2. The summed E-state index contributed by atoms with van der Waals surface area (Å²) in [4.78, 5) is 40.6. The maximum absolute atomic E-state index is 12.6. The molecule has 3 amide bonds. The van der Waals surface area contributed by atoms with Gasteiger partial charge in [-0.25, -0.2) is 0 Å². The number of fused-ring (bicyclic) bond motifs is 1. The molecule has 0 spiro atoms. The van der Waals surface area contributed by atoms with E-state index >= 15 is 0 Å². The van der Waals surface area contributed by atoms with Crippen LogP contribution in [0.4, 0.5) is 0 Å². The van der Waals surface area contributed by atoms with E-state index in [-0.39, 0.29) is 54.5 Å². The van der Waals surface area contributed by atoms with Crippen LogP contribution in [0, 0.1) is 11.8 Å². The number of hydrogen-bond acceptors (Lipinski definition) is 6. The zero-order chi connectivity index (χ0) is 23.8. The van der Waals surface area contributed by atoms with Gasteiger partial charge in [0.15, 0.2) is 0 Å². The standard InChI is InChI=1S/C25H32N4O4/c1-25(2,3)17-11-9-16(10-12-17)22-27-26-20(33-22)15-28(4)21(30)13-14-29-23(31)18-7-5-6-8-19(18)24(29)32/h9-12,18-19H,5-8,13-15H2,1-4H3/t18-,19+. The van der Waals surface area contributed by atoms with Gasteiger partial charge in [-0.15, -0.1) is 10.2 Å². The lowest BCUT2D eigenvalue weighted by Gasteiger charge is -2.19. The predicted molar refractivity (Wildman–Crippen MR) is 122 cm³/mol. The monoisotopic (exact) mass is 452 g/mol. The molecule has 1 saturated heterocycles.